The molecule has 1 fully saturated rings. The number of alkyl halides is 2. The van der Waals surface area contributed by atoms with Gasteiger partial charge in [-0.1, -0.05) is 6.07 Å². The Morgan fingerprint density at radius 3 is 2.94 bits per heavy atom. The van der Waals surface area contributed by atoms with Crippen LogP contribution in [0.1, 0.15) is 18.4 Å². The van der Waals surface area contributed by atoms with Crippen LogP contribution in [0.3, 0.4) is 0 Å². The highest BCUT2D eigenvalue weighted by atomic mass is 19.3. The van der Waals surface area contributed by atoms with Crippen molar-refractivity contribution in [1.82, 2.24) is 10.3 Å². The molecule has 0 saturated heterocycles. The molecular formula is C11H13F2N3O. The number of nitrogens with two attached hydrogens (primary N) is 1. The Balaban J connectivity index is 1.79. The molecule has 1 aromatic rings. The molecule has 0 spiro atoms. The third-order valence-electron chi connectivity index (χ3n) is 2.79. The third kappa shape index (κ3) is 2.89. The summed E-state index contributed by atoms with van der Waals surface area (Å²) in [6.07, 6.45) is 1.23. The molecule has 0 aromatic carbocycles. The number of nitrogens with one attached hydrogen (secondary N) is 1. The van der Waals surface area contributed by atoms with Crippen LogP contribution in [-0.4, -0.2) is 16.8 Å². The van der Waals surface area contributed by atoms with E-state index in [1.165, 1.54) is 0 Å². The fourth-order valence-corrected chi connectivity index (χ4v) is 1.58. The SMILES string of the molecule is Nc1ncccc1CNC(=O)C[C@@H]1CC1(F)F. The van der Waals surface area contributed by atoms with Crippen LogP contribution in [0.15, 0.2) is 18.3 Å². The fourth-order valence-electron chi connectivity index (χ4n) is 1.58. The Kier molecular flexibility index (Phi) is 2.95. The predicted molar refractivity (Wildman–Crippen MR) is 58.2 cm³/mol. The van der Waals surface area contributed by atoms with E-state index in [0.29, 0.717) is 11.4 Å². The Hall–Kier alpha value is -1.72. The summed E-state index contributed by atoms with van der Waals surface area (Å²) in [7, 11) is 0. The van der Waals surface area contributed by atoms with Crippen molar-refractivity contribution >= 4 is 11.7 Å². The molecule has 17 heavy (non-hydrogen) atoms. The summed E-state index contributed by atoms with van der Waals surface area (Å²) in [6, 6.07) is 3.43. The van der Waals surface area contributed by atoms with E-state index in [-0.39, 0.29) is 25.3 Å². The molecule has 4 nitrogen and oxygen atoms in total. The first-order valence-electron chi connectivity index (χ1n) is 5.33. The summed E-state index contributed by atoms with van der Waals surface area (Å²) in [5.41, 5.74) is 6.26. The van der Waals surface area contributed by atoms with Gasteiger partial charge in [-0.25, -0.2) is 13.8 Å². The third-order valence-corrected chi connectivity index (χ3v) is 2.79. The number of halogens is 2. The summed E-state index contributed by atoms with van der Waals surface area (Å²) in [4.78, 5) is 15.2. The maximum absolute atomic E-state index is 12.6. The van der Waals surface area contributed by atoms with Crippen molar-refractivity contribution in [3.8, 4) is 0 Å². The smallest absolute Gasteiger partial charge is 0.252 e. The standard InChI is InChI=1S/C11H13F2N3O/c12-11(13)5-8(11)4-9(17)16-6-7-2-1-3-15-10(7)14/h1-3,8H,4-6H2,(H2,14,15)(H,16,17)/t8-/m1/s1. The summed E-state index contributed by atoms with van der Waals surface area (Å²) >= 11 is 0. The summed E-state index contributed by atoms with van der Waals surface area (Å²) in [5, 5.41) is 2.56. The highest BCUT2D eigenvalue weighted by Gasteiger charge is 2.57. The Bertz CT molecular complexity index is 436. The monoisotopic (exact) mass is 241 g/mol. The second kappa shape index (κ2) is 4.27. The second-order valence-corrected chi connectivity index (χ2v) is 4.19. The highest BCUT2D eigenvalue weighted by Crippen LogP contribution is 2.50. The molecular weight excluding hydrogens is 228 g/mol. The minimum atomic E-state index is -2.65. The van der Waals surface area contributed by atoms with E-state index >= 15 is 0 Å². The van der Waals surface area contributed by atoms with Gasteiger partial charge in [-0.2, -0.15) is 0 Å². The van der Waals surface area contributed by atoms with Gasteiger partial charge in [0.15, 0.2) is 0 Å². The first-order chi connectivity index (χ1) is 7.99. The van der Waals surface area contributed by atoms with Gasteiger partial charge in [-0.15, -0.1) is 0 Å². The van der Waals surface area contributed by atoms with Crippen LogP contribution in [0.25, 0.3) is 0 Å². The molecule has 0 bridgehead atoms. The molecule has 1 atom stereocenters. The Morgan fingerprint density at radius 1 is 1.65 bits per heavy atom. The van der Waals surface area contributed by atoms with Gasteiger partial charge in [0.1, 0.15) is 5.82 Å². The van der Waals surface area contributed by atoms with Gasteiger partial charge in [0.2, 0.25) is 5.91 Å². The fraction of sp³-hybridized carbons (Fsp3) is 0.455. The average Bonchev–Trinajstić information content (AvgIpc) is 2.85. The Morgan fingerprint density at radius 2 is 2.35 bits per heavy atom. The maximum atomic E-state index is 12.6. The molecule has 1 aliphatic carbocycles. The number of rotatable bonds is 4. The molecule has 1 saturated carbocycles. The summed E-state index contributed by atoms with van der Waals surface area (Å²) in [6.45, 7) is 0.219. The molecule has 0 aliphatic heterocycles. The normalized spacial score (nSPS) is 20.9. The first-order valence-corrected chi connectivity index (χ1v) is 5.33. The summed E-state index contributed by atoms with van der Waals surface area (Å²) < 4.78 is 25.1. The van der Waals surface area contributed by atoms with Crippen molar-refractivity contribution in [2.75, 3.05) is 5.73 Å². The van der Waals surface area contributed by atoms with E-state index in [0.717, 1.165) is 0 Å². The van der Waals surface area contributed by atoms with E-state index in [1.54, 1.807) is 18.3 Å². The molecule has 1 aromatic heterocycles. The molecule has 3 N–H and O–H groups in total. The minimum absolute atomic E-state index is 0.132. The molecule has 92 valence electrons. The lowest BCUT2D eigenvalue weighted by atomic mass is 10.2. The predicted octanol–water partition coefficient (Wildman–Crippen LogP) is 1.33. The van der Waals surface area contributed by atoms with Crippen LogP contribution in [-0.2, 0) is 11.3 Å². The van der Waals surface area contributed by atoms with Gasteiger partial charge >= 0.3 is 0 Å². The number of nitrogens with zero attached hydrogens (tertiary/aromatic N) is 1. The summed E-state index contributed by atoms with van der Waals surface area (Å²) in [5.74, 6) is -3.49. The number of pyridine rings is 1. The zero-order chi connectivity index (χ0) is 12.5. The van der Waals surface area contributed by atoms with Gasteiger partial charge in [-0.3, -0.25) is 4.79 Å². The van der Waals surface area contributed by atoms with Crippen LogP contribution in [0, 0.1) is 5.92 Å². The van der Waals surface area contributed by atoms with Crippen LogP contribution in [0.5, 0.6) is 0 Å². The number of carbonyl (C=O) groups excluding carboxylic acids is 1. The lowest BCUT2D eigenvalue weighted by Crippen LogP contribution is -2.24. The molecule has 0 radical (unpaired) electrons. The molecule has 0 unspecified atom stereocenters. The number of anilines is 1. The average molecular weight is 241 g/mol. The van der Waals surface area contributed by atoms with E-state index in [2.05, 4.69) is 10.3 Å². The van der Waals surface area contributed by atoms with E-state index < -0.39 is 11.8 Å². The molecule has 6 heteroatoms. The molecule has 1 aliphatic rings. The zero-order valence-electron chi connectivity index (χ0n) is 9.12. The van der Waals surface area contributed by atoms with Crippen molar-refractivity contribution in [3.63, 3.8) is 0 Å². The number of amides is 1. The van der Waals surface area contributed by atoms with Crippen molar-refractivity contribution in [2.45, 2.75) is 25.3 Å². The van der Waals surface area contributed by atoms with Crippen LogP contribution in [0.4, 0.5) is 14.6 Å². The number of hydrogen-bond acceptors (Lipinski definition) is 3. The molecule has 1 heterocycles. The van der Waals surface area contributed by atoms with Crippen molar-refractivity contribution in [1.29, 1.82) is 0 Å². The maximum Gasteiger partial charge on any atom is 0.252 e. The topological polar surface area (TPSA) is 68.0 Å². The number of aromatic nitrogens is 1. The lowest BCUT2D eigenvalue weighted by molar-refractivity contribution is -0.122. The van der Waals surface area contributed by atoms with E-state index in [9.17, 15) is 13.6 Å². The first kappa shape index (κ1) is 11.8. The quantitative estimate of drug-likeness (QED) is 0.835. The lowest BCUT2D eigenvalue weighted by Gasteiger charge is -2.06. The van der Waals surface area contributed by atoms with Crippen molar-refractivity contribution in [2.24, 2.45) is 5.92 Å². The van der Waals surface area contributed by atoms with E-state index in [4.69, 9.17) is 5.73 Å². The van der Waals surface area contributed by atoms with E-state index in [1.807, 2.05) is 0 Å². The number of nitrogen functional groups attached to an aromatic ring is 1. The van der Waals surface area contributed by atoms with Crippen LogP contribution in [0.2, 0.25) is 0 Å². The number of carbonyl (C=O) groups is 1. The van der Waals surface area contributed by atoms with Crippen molar-refractivity contribution < 1.29 is 13.6 Å². The van der Waals surface area contributed by atoms with Gasteiger partial charge in [0.25, 0.3) is 5.92 Å². The van der Waals surface area contributed by atoms with Crippen LogP contribution >= 0.6 is 0 Å². The largest absolute Gasteiger partial charge is 0.383 e. The molecule has 2 rings (SSSR count). The van der Waals surface area contributed by atoms with Gasteiger partial charge in [0.05, 0.1) is 0 Å². The minimum Gasteiger partial charge on any atom is -0.383 e. The highest BCUT2D eigenvalue weighted by molar-refractivity contribution is 5.76. The Labute approximate surface area is 97.2 Å². The number of hydrogen-bond donors (Lipinski definition) is 2. The van der Waals surface area contributed by atoms with Gasteiger partial charge in [-0.05, 0) is 6.07 Å². The van der Waals surface area contributed by atoms with Gasteiger partial charge in [0, 0.05) is 37.1 Å². The second-order valence-electron chi connectivity index (χ2n) is 4.19. The zero-order valence-corrected chi connectivity index (χ0v) is 9.12. The van der Waals surface area contributed by atoms with Gasteiger partial charge < -0.3 is 11.1 Å². The molecule has 1 amide bonds. The van der Waals surface area contributed by atoms with Crippen LogP contribution < -0.4 is 11.1 Å². The van der Waals surface area contributed by atoms with Crippen molar-refractivity contribution in [3.05, 3.63) is 23.9 Å².